The maximum absolute atomic E-state index is 12.1. The van der Waals surface area contributed by atoms with E-state index >= 15 is 0 Å². The van der Waals surface area contributed by atoms with E-state index in [1.165, 1.54) is 18.2 Å². The Morgan fingerprint density at radius 1 is 1.33 bits per heavy atom. The molecule has 6 heteroatoms. The lowest BCUT2D eigenvalue weighted by Crippen LogP contribution is -2.09. The van der Waals surface area contributed by atoms with E-state index in [1.54, 1.807) is 0 Å². The van der Waals surface area contributed by atoms with E-state index in [0.717, 1.165) is 12.3 Å². The summed E-state index contributed by atoms with van der Waals surface area (Å²) in [5.41, 5.74) is -0.104. The fourth-order valence-corrected chi connectivity index (χ4v) is 1.75. The number of aliphatic hydroxyl groups excluding tert-OH is 1. The minimum absolute atomic E-state index is 0.0836. The Bertz CT molecular complexity index is 442. The highest BCUT2D eigenvalue weighted by atomic mass is 32.2. The molecule has 1 rings (SSSR count). The van der Waals surface area contributed by atoms with E-state index in [-0.39, 0.29) is 10.5 Å². The van der Waals surface area contributed by atoms with Crippen LogP contribution < -0.4 is 0 Å². The number of hydrogen-bond donors (Lipinski definition) is 1. The molecule has 0 aliphatic carbocycles. The zero-order valence-corrected chi connectivity index (χ0v) is 8.71. The summed E-state index contributed by atoms with van der Waals surface area (Å²) in [7, 11) is -3.44. The lowest BCUT2D eigenvalue weighted by molar-refractivity contribution is -0.00589. The van der Waals surface area contributed by atoms with E-state index in [4.69, 9.17) is 5.11 Å². The number of alkyl halides is 2. The fourth-order valence-electron chi connectivity index (χ4n) is 1.07. The minimum Gasteiger partial charge on any atom is -0.382 e. The molecule has 84 valence electrons. The summed E-state index contributed by atoms with van der Waals surface area (Å²) in [4.78, 5) is -0.0836. The van der Waals surface area contributed by atoms with Gasteiger partial charge in [0.05, 0.1) is 4.90 Å². The number of sulfone groups is 1. The van der Waals surface area contributed by atoms with E-state index in [1.807, 2.05) is 0 Å². The summed E-state index contributed by atoms with van der Waals surface area (Å²) in [6, 6.07) is 4.91. The molecule has 1 aromatic rings. The average molecular weight is 236 g/mol. The molecule has 0 radical (unpaired) electrons. The van der Waals surface area contributed by atoms with Gasteiger partial charge in [-0.2, -0.15) is 0 Å². The van der Waals surface area contributed by atoms with E-state index in [9.17, 15) is 17.2 Å². The van der Waals surface area contributed by atoms with Gasteiger partial charge in [0.25, 0.3) is 6.43 Å². The van der Waals surface area contributed by atoms with Gasteiger partial charge in [-0.1, -0.05) is 12.1 Å². The molecule has 1 aromatic carbocycles. The van der Waals surface area contributed by atoms with Gasteiger partial charge in [-0.05, 0) is 17.7 Å². The summed E-state index contributed by atoms with van der Waals surface area (Å²) in [6.45, 7) is 0. The number of hydrogen-bond acceptors (Lipinski definition) is 3. The Balaban J connectivity index is 3.14. The van der Waals surface area contributed by atoms with Crippen LogP contribution in [0.1, 0.15) is 11.7 Å². The zero-order valence-electron chi connectivity index (χ0n) is 7.89. The number of aliphatic hydroxyl groups is 1. The molecular formula is C9H10F2O3S. The molecule has 0 saturated carbocycles. The van der Waals surface area contributed by atoms with Gasteiger partial charge in [-0.25, -0.2) is 17.2 Å². The van der Waals surface area contributed by atoms with E-state index < -0.39 is 22.4 Å². The van der Waals surface area contributed by atoms with Crippen molar-refractivity contribution in [2.75, 3.05) is 6.26 Å². The van der Waals surface area contributed by atoms with Gasteiger partial charge in [-0.3, -0.25) is 0 Å². The van der Waals surface area contributed by atoms with Crippen molar-refractivity contribution in [3.05, 3.63) is 29.8 Å². The quantitative estimate of drug-likeness (QED) is 0.862. The number of benzene rings is 1. The van der Waals surface area contributed by atoms with Crippen LogP contribution in [0, 0.1) is 0 Å². The Morgan fingerprint density at radius 2 is 1.93 bits per heavy atom. The summed E-state index contributed by atoms with van der Waals surface area (Å²) in [6.07, 6.45) is -3.91. The summed E-state index contributed by atoms with van der Waals surface area (Å²) in [5, 5.41) is 9.04. The van der Waals surface area contributed by atoms with Gasteiger partial charge in [0.1, 0.15) is 6.10 Å². The van der Waals surface area contributed by atoms with E-state index in [2.05, 4.69) is 0 Å². The molecule has 0 aromatic heterocycles. The predicted octanol–water partition coefficient (Wildman–Crippen LogP) is 1.39. The van der Waals surface area contributed by atoms with Crippen LogP contribution >= 0.6 is 0 Å². The van der Waals surface area contributed by atoms with Gasteiger partial charge in [-0.15, -0.1) is 0 Å². The maximum atomic E-state index is 12.1. The molecule has 0 fully saturated rings. The van der Waals surface area contributed by atoms with Gasteiger partial charge < -0.3 is 5.11 Å². The molecule has 0 amide bonds. The van der Waals surface area contributed by atoms with Gasteiger partial charge in [0.2, 0.25) is 0 Å². The lowest BCUT2D eigenvalue weighted by Gasteiger charge is -2.10. The number of rotatable bonds is 3. The summed E-state index contributed by atoms with van der Waals surface area (Å²) < 4.78 is 46.5. The van der Waals surface area contributed by atoms with Crippen LogP contribution in [0.2, 0.25) is 0 Å². The SMILES string of the molecule is CS(=O)(=O)c1cccc(C(O)C(F)F)c1. The van der Waals surface area contributed by atoms with Crippen molar-refractivity contribution in [1.82, 2.24) is 0 Å². The third-order valence-electron chi connectivity index (χ3n) is 1.87. The Kier molecular flexibility index (Phi) is 3.41. The molecule has 1 unspecified atom stereocenters. The smallest absolute Gasteiger partial charge is 0.268 e. The molecule has 0 bridgehead atoms. The summed E-state index contributed by atoms with van der Waals surface area (Å²) in [5.74, 6) is 0. The molecule has 0 heterocycles. The Labute approximate surface area is 86.3 Å². The standard InChI is InChI=1S/C9H10F2O3S/c1-15(13,14)7-4-2-3-6(5-7)8(12)9(10)11/h2-5,8-9,12H,1H3. The molecule has 0 spiro atoms. The monoisotopic (exact) mass is 236 g/mol. The Hall–Kier alpha value is -1.01. The summed E-state index contributed by atoms with van der Waals surface area (Å²) >= 11 is 0. The first-order valence-electron chi connectivity index (χ1n) is 4.08. The molecule has 3 nitrogen and oxygen atoms in total. The molecule has 0 saturated heterocycles. The van der Waals surface area contributed by atoms with Crippen LogP contribution in [-0.2, 0) is 9.84 Å². The van der Waals surface area contributed by atoms with Crippen LogP contribution in [0.15, 0.2) is 29.2 Å². The van der Waals surface area contributed by atoms with Gasteiger partial charge in [0, 0.05) is 6.26 Å². The number of halogens is 2. The normalized spacial score (nSPS) is 14.2. The second kappa shape index (κ2) is 4.24. The van der Waals surface area contributed by atoms with Crippen molar-refractivity contribution in [3.63, 3.8) is 0 Å². The molecule has 0 aliphatic rings. The van der Waals surface area contributed by atoms with Crippen molar-refractivity contribution in [2.24, 2.45) is 0 Å². The second-order valence-corrected chi connectivity index (χ2v) is 5.14. The van der Waals surface area contributed by atoms with Gasteiger partial charge in [0.15, 0.2) is 9.84 Å². The first kappa shape index (κ1) is 12.1. The van der Waals surface area contributed by atoms with Crippen molar-refractivity contribution in [2.45, 2.75) is 17.4 Å². The highest BCUT2D eigenvalue weighted by Crippen LogP contribution is 2.22. The first-order valence-corrected chi connectivity index (χ1v) is 5.98. The fraction of sp³-hybridized carbons (Fsp3) is 0.333. The van der Waals surface area contributed by atoms with Crippen molar-refractivity contribution in [3.8, 4) is 0 Å². The van der Waals surface area contributed by atoms with Crippen LogP contribution in [0.4, 0.5) is 8.78 Å². The molecule has 1 N–H and O–H groups in total. The Morgan fingerprint density at radius 3 is 2.40 bits per heavy atom. The molecule has 0 aliphatic heterocycles. The predicted molar refractivity (Wildman–Crippen MR) is 50.5 cm³/mol. The average Bonchev–Trinajstić information content (AvgIpc) is 2.15. The molecular weight excluding hydrogens is 226 g/mol. The van der Waals surface area contributed by atoms with Crippen molar-refractivity contribution < 1.29 is 22.3 Å². The topological polar surface area (TPSA) is 54.4 Å². The highest BCUT2D eigenvalue weighted by molar-refractivity contribution is 7.90. The minimum atomic E-state index is -3.44. The van der Waals surface area contributed by atoms with E-state index in [0.29, 0.717) is 0 Å². The highest BCUT2D eigenvalue weighted by Gasteiger charge is 2.20. The third kappa shape index (κ3) is 2.97. The third-order valence-corrected chi connectivity index (χ3v) is 2.98. The molecule has 1 atom stereocenters. The van der Waals surface area contributed by atoms with Crippen molar-refractivity contribution in [1.29, 1.82) is 0 Å². The molecule has 15 heavy (non-hydrogen) atoms. The zero-order chi connectivity index (χ0) is 11.6. The second-order valence-electron chi connectivity index (χ2n) is 3.12. The maximum Gasteiger partial charge on any atom is 0.268 e. The largest absolute Gasteiger partial charge is 0.382 e. The van der Waals surface area contributed by atoms with Crippen molar-refractivity contribution >= 4 is 9.84 Å². The van der Waals surface area contributed by atoms with Crippen LogP contribution in [0.3, 0.4) is 0 Å². The van der Waals surface area contributed by atoms with Gasteiger partial charge >= 0.3 is 0 Å². The first-order chi connectivity index (χ1) is 6.82. The van der Waals surface area contributed by atoms with Crippen LogP contribution in [0.5, 0.6) is 0 Å². The van der Waals surface area contributed by atoms with Crippen LogP contribution in [0.25, 0.3) is 0 Å². The van der Waals surface area contributed by atoms with Crippen LogP contribution in [-0.4, -0.2) is 26.2 Å². The lowest BCUT2D eigenvalue weighted by atomic mass is 10.1.